The highest BCUT2D eigenvalue weighted by Gasteiger charge is 2.33. The van der Waals surface area contributed by atoms with Crippen LogP contribution < -0.4 is 11.1 Å². The molecule has 6 nitrogen and oxygen atoms in total. The highest BCUT2D eigenvalue weighted by Crippen LogP contribution is 2.36. The Kier molecular flexibility index (Phi) is 4.71. The number of carbonyl (C=O) groups excluding carboxylic acids is 2. The molecule has 3 rings (SSSR count). The minimum absolute atomic E-state index is 0.0568. The van der Waals surface area contributed by atoms with E-state index in [9.17, 15) is 22.8 Å². The second-order valence-corrected chi connectivity index (χ2v) is 6.38. The standard InChI is InChI=1S/C17H17F3N4O2/c18-17(19,20)11-3-1-2-9(4-11)5-15(25)22-12-6-10(7-12)13-8-14(16(21)26)24-23-13/h1-4,8,10,12H,5-7H2,(H2,21,26)(H,22,25)(H,23,24). The van der Waals surface area contributed by atoms with Crippen molar-refractivity contribution in [3.05, 3.63) is 52.8 Å². The lowest BCUT2D eigenvalue weighted by Crippen LogP contribution is -2.44. The van der Waals surface area contributed by atoms with E-state index in [1.54, 1.807) is 6.07 Å². The molecule has 1 saturated carbocycles. The number of H-pyrrole nitrogens is 1. The van der Waals surface area contributed by atoms with Crippen LogP contribution in [0.25, 0.3) is 0 Å². The van der Waals surface area contributed by atoms with Gasteiger partial charge in [0.25, 0.3) is 5.91 Å². The third kappa shape index (κ3) is 4.04. The van der Waals surface area contributed by atoms with Crippen LogP contribution in [-0.2, 0) is 17.4 Å². The molecule has 1 aliphatic rings. The van der Waals surface area contributed by atoms with Gasteiger partial charge in [0, 0.05) is 17.7 Å². The molecule has 2 amide bonds. The molecule has 1 aromatic carbocycles. The first-order chi connectivity index (χ1) is 12.2. The zero-order valence-electron chi connectivity index (χ0n) is 13.6. The minimum Gasteiger partial charge on any atom is -0.364 e. The quantitative estimate of drug-likeness (QED) is 0.756. The van der Waals surface area contributed by atoms with E-state index in [4.69, 9.17) is 5.73 Å². The van der Waals surface area contributed by atoms with Crippen LogP contribution in [0.15, 0.2) is 30.3 Å². The van der Waals surface area contributed by atoms with Crippen LogP contribution in [0.2, 0.25) is 0 Å². The number of rotatable bonds is 5. The number of nitrogens with zero attached hydrogens (tertiary/aromatic N) is 1. The monoisotopic (exact) mass is 366 g/mol. The van der Waals surface area contributed by atoms with Crippen molar-refractivity contribution in [3.8, 4) is 0 Å². The van der Waals surface area contributed by atoms with E-state index in [1.807, 2.05) is 0 Å². The van der Waals surface area contributed by atoms with Crippen LogP contribution in [0.3, 0.4) is 0 Å². The van der Waals surface area contributed by atoms with Gasteiger partial charge in [0.15, 0.2) is 0 Å². The zero-order chi connectivity index (χ0) is 18.9. The molecule has 0 radical (unpaired) electrons. The van der Waals surface area contributed by atoms with Gasteiger partial charge in [0.05, 0.1) is 12.0 Å². The molecule has 0 spiro atoms. The lowest BCUT2D eigenvalue weighted by Gasteiger charge is -2.35. The average molecular weight is 366 g/mol. The van der Waals surface area contributed by atoms with E-state index in [2.05, 4.69) is 15.5 Å². The summed E-state index contributed by atoms with van der Waals surface area (Å²) in [6.45, 7) is 0. The lowest BCUT2D eigenvalue weighted by molar-refractivity contribution is -0.137. The van der Waals surface area contributed by atoms with Crippen LogP contribution in [0.4, 0.5) is 13.2 Å². The van der Waals surface area contributed by atoms with Crippen LogP contribution in [0.1, 0.15) is 46.1 Å². The van der Waals surface area contributed by atoms with Gasteiger partial charge in [0.2, 0.25) is 5.91 Å². The summed E-state index contributed by atoms with van der Waals surface area (Å²) in [5.41, 5.74) is 5.63. The van der Waals surface area contributed by atoms with Gasteiger partial charge < -0.3 is 11.1 Å². The number of benzene rings is 1. The molecule has 1 fully saturated rings. The van der Waals surface area contributed by atoms with E-state index >= 15 is 0 Å². The van der Waals surface area contributed by atoms with Crippen molar-refractivity contribution in [1.29, 1.82) is 0 Å². The number of nitrogens with one attached hydrogen (secondary N) is 2. The van der Waals surface area contributed by atoms with Gasteiger partial charge in [-0.15, -0.1) is 0 Å². The van der Waals surface area contributed by atoms with Crippen molar-refractivity contribution in [1.82, 2.24) is 15.5 Å². The average Bonchev–Trinajstić information content (AvgIpc) is 2.99. The highest BCUT2D eigenvalue weighted by molar-refractivity contribution is 5.90. The first-order valence-corrected chi connectivity index (χ1v) is 8.03. The molecular weight excluding hydrogens is 349 g/mol. The maximum absolute atomic E-state index is 12.7. The fraction of sp³-hybridized carbons (Fsp3) is 0.353. The second kappa shape index (κ2) is 6.81. The molecule has 0 atom stereocenters. The van der Waals surface area contributed by atoms with Crippen molar-refractivity contribution >= 4 is 11.8 Å². The SMILES string of the molecule is NC(=O)c1cc(C2CC(NC(=O)Cc3cccc(C(F)(F)F)c3)C2)[nH]n1. The number of amides is 2. The molecule has 1 aliphatic carbocycles. The van der Waals surface area contributed by atoms with Crippen LogP contribution >= 0.6 is 0 Å². The number of carbonyl (C=O) groups is 2. The van der Waals surface area contributed by atoms with Gasteiger partial charge >= 0.3 is 6.18 Å². The first kappa shape index (κ1) is 18.0. The van der Waals surface area contributed by atoms with Gasteiger partial charge in [-0.2, -0.15) is 18.3 Å². The molecule has 0 unspecified atom stereocenters. The number of hydrogen-bond donors (Lipinski definition) is 3. The van der Waals surface area contributed by atoms with E-state index in [-0.39, 0.29) is 30.0 Å². The third-order valence-corrected chi connectivity index (χ3v) is 4.41. The molecule has 0 saturated heterocycles. The number of nitrogens with two attached hydrogens (primary N) is 1. The number of aromatic amines is 1. The summed E-state index contributed by atoms with van der Waals surface area (Å²) in [4.78, 5) is 23.1. The Balaban J connectivity index is 1.50. The number of alkyl halides is 3. The van der Waals surface area contributed by atoms with E-state index in [0.29, 0.717) is 18.4 Å². The highest BCUT2D eigenvalue weighted by atomic mass is 19.4. The lowest BCUT2D eigenvalue weighted by atomic mass is 9.78. The Hall–Kier alpha value is -2.84. The van der Waals surface area contributed by atoms with Crippen LogP contribution in [0, 0.1) is 0 Å². The van der Waals surface area contributed by atoms with Crippen molar-refractivity contribution in [2.24, 2.45) is 5.73 Å². The molecule has 138 valence electrons. The summed E-state index contributed by atoms with van der Waals surface area (Å²) in [5, 5.41) is 9.37. The summed E-state index contributed by atoms with van der Waals surface area (Å²) in [6.07, 6.45) is -3.22. The van der Waals surface area contributed by atoms with E-state index in [0.717, 1.165) is 17.8 Å². The van der Waals surface area contributed by atoms with E-state index in [1.165, 1.54) is 12.1 Å². The Morgan fingerprint density at radius 2 is 2.00 bits per heavy atom. The van der Waals surface area contributed by atoms with Gasteiger partial charge in [-0.1, -0.05) is 18.2 Å². The third-order valence-electron chi connectivity index (χ3n) is 4.41. The molecule has 1 aromatic heterocycles. The van der Waals surface area contributed by atoms with E-state index < -0.39 is 17.6 Å². The van der Waals surface area contributed by atoms with Gasteiger partial charge in [-0.3, -0.25) is 14.7 Å². The van der Waals surface area contributed by atoms with Gasteiger partial charge in [-0.25, -0.2) is 0 Å². The number of primary amides is 1. The molecule has 9 heteroatoms. The van der Waals surface area contributed by atoms with Crippen molar-refractivity contribution in [2.45, 2.75) is 37.4 Å². The van der Waals surface area contributed by atoms with Gasteiger partial charge in [-0.05, 0) is 30.5 Å². The maximum atomic E-state index is 12.7. The molecule has 1 heterocycles. The topological polar surface area (TPSA) is 101 Å². The van der Waals surface area contributed by atoms with Gasteiger partial charge in [0.1, 0.15) is 5.69 Å². The molecule has 4 N–H and O–H groups in total. The maximum Gasteiger partial charge on any atom is 0.416 e. The normalized spacial score (nSPS) is 19.7. The fourth-order valence-electron chi connectivity index (χ4n) is 2.98. The van der Waals surface area contributed by atoms with Crippen molar-refractivity contribution in [3.63, 3.8) is 0 Å². The predicted octanol–water partition coefficient (Wildman–Crippen LogP) is 2.13. The second-order valence-electron chi connectivity index (χ2n) is 6.38. The minimum atomic E-state index is -4.43. The summed E-state index contributed by atoms with van der Waals surface area (Å²) in [5.74, 6) is -0.803. The molecular formula is C17H17F3N4O2. The zero-order valence-corrected chi connectivity index (χ0v) is 13.6. The van der Waals surface area contributed by atoms with Crippen molar-refractivity contribution in [2.75, 3.05) is 0 Å². The summed E-state index contributed by atoms with van der Waals surface area (Å²) in [6, 6.07) is 6.28. The first-order valence-electron chi connectivity index (χ1n) is 8.03. The predicted molar refractivity (Wildman–Crippen MR) is 86.2 cm³/mol. The number of aromatic nitrogens is 2. The smallest absolute Gasteiger partial charge is 0.364 e. The molecule has 0 bridgehead atoms. The fourth-order valence-corrected chi connectivity index (χ4v) is 2.98. The molecule has 2 aromatic rings. The van der Waals surface area contributed by atoms with Crippen molar-refractivity contribution < 1.29 is 22.8 Å². The molecule has 26 heavy (non-hydrogen) atoms. The number of halogens is 3. The largest absolute Gasteiger partial charge is 0.416 e. The molecule has 0 aliphatic heterocycles. The summed E-state index contributed by atoms with van der Waals surface area (Å²) >= 11 is 0. The Labute approximate surface area is 147 Å². The Morgan fingerprint density at radius 1 is 1.27 bits per heavy atom. The van der Waals surface area contributed by atoms with Crippen LogP contribution in [-0.4, -0.2) is 28.1 Å². The Morgan fingerprint density at radius 3 is 2.62 bits per heavy atom. The van der Waals surface area contributed by atoms with Crippen LogP contribution in [0.5, 0.6) is 0 Å². The number of hydrogen-bond acceptors (Lipinski definition) is 3. The summed E-state index contributed by atoms with van der Waals surface area (Å²) < 4.78 is 38.1. The summed E-state index contributed by atoms with van der Waals surface area (Å²) in [7, 11) is 0. The Bertz CT molecular complexity index is 825.